The minimum absolute atomic E-state index is 0.275. The number of hydrogen-bond acceptors (Lipinski definition) is 5. The van der Waals surface area contributed by atoms with Gasteiger partial charge in [0.25, 0.3) is 0 Å². The number of piperidine rings is 1. The highest BCUT2D eigenvalue weighted by molar-refractivity contribution is 5.32. The highest BCUT2D eigenvalue weighted by atomic mass is 16.5. The van der Waals surface area contributed by atoms with E-state index in [1.54, 1.807) is 13.2 Å². The Morgan fingerprint density at radius 2 is 2.00 bits per heavy atom. The van der Waals surface area contributed by atoms with E-state index in [1.807, 2.05) is 36.4 Å². The van der Waals surface area contributed by atoms with Gasteiger partial charge in [0.15, 0.2) is 0 Å². The summed E-state index contributed by atoms with van der Waals surface area (Å²) in [6, 6.07) is 13.6. The van der Waals surface area contributed by atoms with E-state index in [-0.39, 0.29) is 6.10 Å². The number of ether oxygens (including phenoxy) is 2. The molecule has 2 heterocycles. The van der Waals surface area contributed by atoms with Crippen LogP contribution >= 0.6 is 0 Å². The van der Waals surface area contributed by atoms with Gasteiger partial charge in [-0.3, -0.25) is 4.90 Å². The number of nitriles is 1. The van der Waals surface area contributed by atoms with Gasteiger partial charge in [-0.15, -0.1) is 0 Å². The molecular weight excluding hydrogens is 304 g/mol. The van der Waals surface area contributed by atoms with Crippen molar-refractivity contribution in [1.29, 1.82) is 5.26 Å². The molecule has 0 spiro atoms. The molecule has 3 rings (SSSR count). The van der Waals surface area contributed by atoms with Gasteiger partial charge in [-0.2, -0.15) is 5.26 Å². The minimum atomic E-state index is 0.275. The maximum Gasteiger partial charge on any atom is 0.203 e. The summed E-state index contributed by atoms with van der Waals surface area (Å²) in [7, 11) is 1.68. The SMILES string of the molecule is COc1ccccc1COC1CCN(Cc2ccc(C#N)o2)CC1. The fourth-order valence-corrected chi connectivity index (χ4v) is 3.01. The molecule has 1 aliphatic heterocycles. The second-order valence-electron chi connectivity index (χ2n) is 5.98. The number of likely N-dealkylation sites (tertiary alicyclic amines) is 1. The van der Waals surface area contributed by atoms with E-state index >= 15 is 0 Å². The van der Waals surface area contributed by atoms with E-state index in [0.717, 1.165) is 49.5 Å². The Bertz CT molecular complexity index is 697. The van der Waals surface area contributed by atoms with Gasteiger partial charge in [0.05, 0.1) is 26.4 Å². The maximum atomic E-state index is 8.80. The molecule has 126 valence electrons. The van der Waals surface area contributed by atoms with E-state index in [2.05, 4.69) is 4.90 Å². The van der Waals surface area contributed by atoms with E-state index in [9.17, 15) is 0 Å². The van der Waals surface area contributed by atoms with Crippen LogP contribution in [-0.2, 0) is 17.9 Å². The zero-order chi connectivity index (χ0) is 16.8. The molecule has 24 heavy (non-hydrogen) atoms. The molecule has 1 saturated heterocycles. The van der Waals surface area contributed by atoms with Crippen LogP contribution in [0, 0.1) is 11.3 Å². The predicted molar refractivity (Wildman–Crippen MR) is 89.5 cm³/mol. The lowest BCUT2D eigenvalue weighted by Gasteiger charge is -2.31. The molecule has 0 unspecified atom stereocenters. The van der Waals surface area contributed by atoms with E-state index in [0.29, 0.717) is 12.4 Å². The van der Waals surface area contributed by atoms with Crippen LogP contribution < -0.4 is 4.74 Å². The Morgan fingerprint density at radius 1 is 1.21 bits per heavy atom. The standard InChI is InChI=1S/C19H22N2O3/c1-22-19-5-3-2-4-15(19)14-23-16-8-10-21(11-9-16)13-18-7-6-17(12-20)24-18/h2-7,16H,8-11,13-14H2,1H3. The van der Waals surface area contributed by atoms with Crippen LogP contribution in [0.1, 0.15) is 29.9 Å². The van der Waals surface area contributed by atoms with Crippen molar-refractivity contribution in [3.63, 3.8) is 0 Å². The van der Waals surface area contributed by atoms with Crippen LogP contribution in [-0.4, -0.2) is 31.2 Å². The lowest BCUT2D eigenvalue weighted by atomic mass is 10.1. The summed E-state index contributed by atoms with van der Waals surface area (Å²) in [6.45, 7) is 3.28. The minimum Gasteiger partial charge on any atom is -0.496 e. The van der Waals surface area contributed by atoms with Crippen molar-refractivity contribution in [2.24, 2.45) is 0 Å². The third kappa shape index (κ3) is 4.16. The number of furan rings is 1. The molecule has 0 radical (unpaired) electrons. The summed E-state index contributed by atoms with van der Waals surface area (Å²) < 4.78 is 16.9. The highest BCUT2D eigenvalue weighted by Crippen LogP contribution is 2.22. The van der Waals surface area contributed by atoms with Crippen molar-refractivity contribution < 1.29 is 13.9 Å². The summed E-state index contributed by atoms with van der Waals surface area (Å²) in [4.78, 5) is 2.34. The monoisotopic (exact) mass is 326 g/mol. The zero-order valence-electron chi connectivity index (χ0n) is 13.9. The fourth-order valence-electron chi connectivity index (χ4n) is 3.01. The fraction of sp³-hybridized carbons (Fsp3) is 0.421. The molecule has 1 fully saturated rings. The molecule has 1 aromatic heterocycles. The average molecular weight is 326 g/mol. The molecule has 0 N–H and O–H groups in total. The number of rotatable bonds is 6. The summed E-state index contributed by atoms with van der Waals surface area (Å²) in [5.74, 6) is 2.10. The Morgan fingerprint density at radius 3 is 2.71 bits per heavy atom. The van der Waals surface area contributed by atoms with E-state index in [4.69, 9.17) is 19.2 Å². The smallest absolute Gasteiger partial charge is 0.203 e. The highest BCUT2D eigenvalue weighted by Gasteiger charge is 2.21. The van der Waals surface area contributed by atoms with Crippen molar-refractivity contribution in [3.05, 3.63) is 53.5 Å². The van der Waals surface area contributed by atoms with Crippen LogP contribution in [0.5, 0.6) is 5.75 Å². The van der Waals surface area contributed by atoms with Gasteiger partial charge in [-0.05, 0) is 31.0 Å². The van der Waals surface area contributed by atoms with Crippen LogP contribution in [0.25, 0.3) is 0 Å². The first kappa shape index (κ1) is 16.6. The molecule has 0 bridgehead atoms. The average Bonchev–Trinajstić information content (AvgIpc) is 3.09. The lowest BCUT2D eigenvalue weighted by molar-refractivity contribution is -0.00561. The number of nitrogens with zero attached hydrogens (tertiary/aromatic N) is 2. The Labute approximate surface area is 142 Å². The van der Waals surface area contributed by atoms with Crippen LogP contribution in [0.4, 0.5) is 0 Å². The summed E-state index contributed by atoms with van der Waals surface area (Å²) in [5.41, 5.74) is 1.09. The summed E-state index contributed by atoms with van der Waals surface area (Å²) >= 11 is 0. The van der Waals surface area contributed by atoms with Gasteiger partial charge in [-0.25, -0.2) is 0 Å². The molecule has 1 aliphatic rings. The quantitative estimate of drug-likeness (QED) is 0.815. The van der Waals surface area contributed by atoms with Crippen molar-refractivity contribution >= 4 is 0 Å². The number of para-hydroxylation sites is 1. The normalized spacial score (nSPS) is 16.0. The number of benzene rings is 1. The second-order valence-corrected chi connectivity index (χ2v) is 5.98. The van der Waals surface area contributed by atoms with Crippen LogP contribution in [0.15, 0.2) is 40.8 Å². The van der Waals surface area contributed by atoms with Crippen LogP contribution in [0.2, 0.25) is 0 Å². The topological polar surface area (TPSA) is 58.6 Å². The second kappa shape index (κ2) is 8.00. The molecule has 2 aromatic rings. The third-order valence-corrected chi connectivity index (χ3v) is 4.35. The first-order chi connectivity index (χ1) is 11.8. The van der Waals surface area contributed by atoms with Gasteiger partial charge >= 0.3 is 0 Å². The molecule has 0 atom stereocenters. The van der Waals surface area contributed by atoms with Gasteiger partial charge in [0.2, 0.25) is 5.76 Å². The van der Waals surface area contributed by atoms with Gasteiger partial charge < -0.3 is 13.9 Å². The molecular formula is C19H22N2O3. The van der Waals surface area contributed by atoms with Crippen LogP contribution in [0.3, 0.4) is 0 Å². The van der Waals surface area contributed by atoms with E-state index < -0.39 is 0 Å². The van der Waals surface area contributed by atoms with Crippen molar-refractivity contribution in [1.82, 2.24) is 4.90 Å². The zero-order valence-corrected chi connectivity index (χ0v) is 13.9. The predicted octanol–water partition coefficient (Wildman–Crippen LogP) is 3.34. The van der Waals surface area contributed by atoms with Gasteiger partial charge in [0, 0.05) is 18.7 Å². The molecule has 1 aromatic carbocycles. The van der Waals surface area contributed by atoms with Gasteiger partial charge in [-0.1, -0.05) is 18.2 Å². The van der Waals surface area contributed by atoms with Crippen molar-refractivity contribution in [2.45, 2.75) is 32.1 Å². The summed E-state index contributed by atoms with van der Waals surface area (Å²) in [6.07, 6.45) is 2.28. The molecule has 5 nitrogen and oxygen atoms in total. The van der Waals surface area contributed by atoms with Crippen molar-refractivity contribution in [2.75, 3.05) is 20.2 Å². The molecule has 0 saturated carbocycles. The Kier molecular flexibility index (Phi) is 5.52. The molecule has 0 amide bonds. The van der Waals surface area contributed by atoms with Crippen molar-refractivity contribution in [3.8, 4) is 11.8 Å². The third-order valence-electron chi connectivity index (χ3n) is 4.35. The number of methoxy groups -OCH3 is 1. The van der Waals surface area contributed by atoms with Gasteiger partial charge in [0.1, 0.15) is 17.6 Å². The molecule has 5 heteroatoms. The Balaban J connectivity index is 1.44. The largest absolute Gasteiger partial charge is 0.496 e. The number of hydrogen-bond donors (Lipinski definition) is 0. The first-order valence-corrected chi connectivity index (χ1v) is 8.23. The van der Waals surface area contributed by atoms with E-state index in [1.165, 1.54) is 0 Å². The maximum absolute atomic E-state index is 8.80. The lowest BCUT2D eigenvalue weighted by Crippen LogP contribution is -2.36. The first-order valence-electron chi connectivity index (χ1n) is 8.23. The molecule has 0 aliphatic carbocycles. The summed E-state index contributed by atoms with van der Waals surface area (Å²) in [5, 5.41) is 8.80. The Hall–Kier alpha value is -2.29.